The molecule has 7 nitrogen and oxygen atoms in total. The summed E-state index contributed by atoms with van der Waals surface area (Å²) in [6.07, 6.45) is 7.63. The summed E-state index contributed by atoms with van der Waals surface area (Å²) in [5, 5.41) is 10.7. The Morgan fingerprint density at radius 2 is 2.22 bits per heavy atom. The summed E-state index contributed by atoms with van der Waals surface area (Å²) in [6, 6.07) is 4.44. The maximum Gasteiger partial charge on any atom is 0.227 e. The second-order valence-corrected chi connectivity index (χ2v) is 7.24. The Bertz CT molecular complexity index is 738. The monoisotopic (exact) mass is 311 g/mol. The van der Waals surface area contributed by atoms with E-state index in [9.17, 15) is 0 Å². The number of nitrogens with one attached hydrogen (secondary N) is 2. The lowest BCUT2D eigenvalue weighted by Crippen LogP contribution is -2.45. The molecule has 2 saturated carbocycles. The van der Waals surface area contributed by atoms with Gasteiger partial charge in [-0.15, -0.1) is 0 Å². The first kappa shape index (κ1) is 13.3. The predicted octanol–water partition coefficient (Wildman–Crippen LogP) is 1.89. The molecular weight excluding hydrogens is 290 g/mol. The van der Waals surface area contributed by atoms with Gasteiger partial charge in [0.25, 0.3) is 0 Å². The first-order valence-corrected chi connectivity index (χ1v) is 8.39. The van der Waals surface area contributed by atoms with Crippen molar-refractivity contribution in [2.24, 2.45) is 5.73 Å². The van der Waals surface area contributed by atoms with Gasteiger partial charge in [-0.25, -0.2) is 4.98 Å². The van der Waals surface area contributed by atoms with Gasteiger partial charge in [-0.3, -0.25) is 5.10 Å². The number of aromatic nitrogens is 4. The van der Waals surface area contributed by atoms with Crippen molar-refractivity contribution in [2.75, 3.05) is 16.8 Å². The van der Waals surface area contributed by atoms with E-state index in [-0.39, 0.29) is 5.54 Å². The zero-order chi connectivity index (χ0) is 15.4. The van der Waals surface area contributed by atoms with E-state index in [1.54, 1.807) is 6.20 Å². The summed E-state index contributed by atoms with van der Waals surface area (Å²) < 4.78 is 0. The van der Waals surface area contributed by atoms with Gasteiger partial charge in [-0.1, -0.05) is 0 Å². The maximum absolute atomic E-state index is 6.40. The molecule has 3 heterocycles. The molecule has 1 aliphatic heterocycles. The Morgan fingerprint density at radius 3 is 2.96 bits per heavy atom. The molecule has 2 atom stereocenters. The van der Waals surface area contributed by atoms with E-state index in [2.05, 4.69) is 36.4 Å². The van der Waals surface area contributed by atoms with E-state index in [1.165, 1.54) is 18.5 Å². The Morgan fingerprint density at radius 1 is 1.30 bits per heavy atom. The van der Waals surface area contributed by atoms with Gasteiger partial charge < -0.3 is 16.0 Å². The van der Waals surface area contributed by atoms with Gasteiger partial charge in [0.15, 0.2) is 5.82 Å². The lowest BCUT2D eigenvalue weighted by atomic mass is 10.0. The van der Waals surface area contributed by atoms with Crippen LogP contribution in [0.4, 0.5) is 17.6 Å². The molecule has 7 heteroatoms. The molecule has 0 aromatic carbocycles. The molecule has 2 aromatic rings. The van der Waals surface area contributed by atoms with E-state index >= 15 is 0 Å². The van der Waals surface area contributed by atoms with Crippen molar-refractivity contribution >= 4 is 17.6 Å². The highest BCUT2D eigenvalue weighted by Crippen LogP contribution is 2.41. The quantitative estimate of drug-likeness (QED) is 0.798. The summed E-state index contributed by atoms with van der Waals surface area (Å²) in [4.78, 5) is 11.4. The van der Waals surface area contributed by atoms with Crippen LogP contribution in [-0.2, 0) is 0 Å². The summed E-state index contributed by atoms with van der Waals surface area (Å²) in [7, 11) is 0. The standard InChI is InChI=1S/C16H21N7/c17-16-5-3-11(8-16)23(9-16)15-18-6-4-13(20-15)19-14-7-12(21-22-14)10-1-2-10/h4,6-7,10-11H,1-3,5,8-9,17H2,(H2,18,19,20,21,22). The Labute approximate surface area is 134 Å². The van der Waals surface area contributed by atoms with Crippen molar-refractivity contribution in [3.8, 4) is 0 Å². The van der Waals surface area contributed by atoms with Gasteiger partial charge in [-0.2, -0.15) is 10.1 Å². The maximum atomic E-state index is 6.40. The van der Waals surface area contributed by atoms with Crippen LogP contribution in [0, 0.1) is 0 Å². The van der Waals surface area contributed by atoms with Gasteiger partial charge in [-0.05, 0) is 38.2 Å². The molecule has 3 fully saturated rings. The molecule has 23 heavy (non-hydrogen) atoms. The van der Waals surface area contributed by atoms with Crippen LogP contribution < -0.4 is 16.0 Å². The topological polar surface area (TPSA) is 95.8 Å². The van der Waals surface area contributed by atoms with Crippen molar-refractivity contribution in [3.63, 3.8) is 0 Å². The molecule has 0 radical (unpaired) electrons. The molecule has 2 unspecified atom stereocenters. The Kier molecular flexibility index (Phi) is 2.70. The summed E-state index contributed by atoms with van der Waals surface area (Å²) >= 11 is 0. The fourth-order valence-electron chi connectivity index (χ4n) is 3.93. The average Bonchev–Trinajstić information content (AvgIpc) is 3.04. The van der Waals surface area contributed by atoms with E-state index in [4.69, 9.17) is 5.73 Å². The normalized spacial score (nSPS) is 29.3. The number of hydrogen-bond donors (Lipinski definition) is 3. The van der Waals surface area contributed by atoms with Gasteiger partial charge in [0.1, 0.15) is 5.82 Å². The second kappa shape index (κ2) is 4.67. The molecule has 3 aliphatic rings. The van der Waals surface area contributed by atoms with Gasteiger partial charge in [0.2, 0.25) is 5.95 Å². The summed E-state index contributed by atoms with van der Waals surface area (Å²) in [6.45, 7) is 0.857. The fourth-order valence-corrected chi connectivity index (χ4v) is 3.93. The third-order valence-corrected chi connectivity index (χ3v) is 5.31. The lowest BCUT2D eigenvalue weighted by molar-refractivity contribution is 0.462. The van der Waals surface area contributed by atoms with Crippen LogP contribution in [-0.4, -0.2) is 38.3 Å². The number of hydrogen-bond acceptors (Lipinski definition) is 6. The van der Waals surface area contributed by atoms with Crippen molar-refractivity contribution in [1.82, 2.24) is 20.2 Å². The van der Waals surface area contributed by atoms with Gasteiger partial charge in [0.05, 0.1) is 0 Å². The van der Waals surface area contributed by atoms with E-state index in [0.717, 1.165) is 43.4 Å². The number of H-pyrrole nitrogens is 1. The van der Waals surface area contributed by atoms with Crippen LogP contribution in [0.2, 0.25) is 0 Å². The first-order valence-electron chi connectivity index (χ1n) is 8.39. The molecular formula is C16H21N7. The smallest absolute Gasteiger partial charge is 0.227 e. The van der Waals surface area contributed by atoms with Crippen LogP contribution in [0.15, 0.2) is 18.3 Å². The molecule has 2 bridgehead atoms. The van der Waals surface area contributed by atoms with E-state index in [0.29, 0.717) is 12.0 Å². The fraction of sp³-hybridized carbons (Fsp3) is 0.562. The van der Waals surface area contributed by atoms with Crippen LogP contribution in [0.3, 0.4) is 0 Å². The number of piperidine rings is 1. The van der Waals surface area contributed by atoms with Crippen molar-refractivity contribution in [1.29, 1.82) is 0 Å². The lowest BCUT2D eigenvalue weighted by Gasteiger charge is -2.30. The summed E-state index contributed by atoms with van der Waals surface area (Å²) in [5.74, 6) is 3.03. The highest BCUT2D eigenvalue weighted by molar-refractivity contribution is 5.54. The molecule has 5 rings (SSSR count). The van der Waals surface area contributed by atoms with Gasteiger partial charge >= 0.3 is 0 Å². The number of anilines is 3. The number of nitrogens with two attached hydrogens (primary N) is 1. The number of rotatable bonds is 4. The molecule has 2 aromatic heterocycles. The van der Waals surface area contributed by atoms with Crippen LogP contribution in [0.1, 0.15) is 43.7 Å². The minimum Gasteiger partial charge on any atom is -0.336 e. The highest BCUT2D eigenvalue weighted by Gasteiger charge is 2.47. The number of nitrogens with zero attached hydrogens (tertiary/aromatic N) is 4. The molecule has 1 saturated heterocycles. The SMILES string of the molecule is NC12CCC(C1)N(c1nccc(Nc3cc(C4CC4)[nH]n3)n1)C2. The van der Waals surface area contributed by atoms with Crippen molar-refractivity contribution < 1.29 is 0 Å². The Hall–Kier alpha value is -2.15. The molecule has 0 amide bonds. The third kappa shape index (κ3) is 2.35. The second-order valence-electron chi connectivity index (χ2n) is 7.24. The van der Waals surface area contributed by atoms with Crippen molar-refractivity contribution in [3.05, 3.63) is 24.0 Å². The third-order valence-electron chi connectivity index (χ3n) is 5.31. The minimum absolute atomic E-state index is 0.0428. The minimum atomic E-state index is -0.0428. The Balaban J connectivity index is 1.35. The molecule has 2 aliphatic carbocycles. The zero-order valence-corrected chi connectivity index (χ0v) is 13.0. The first-order chi connectivity index (χ1) is 11.2. The molecule has 0 spiro atoms. The highest BCUT2D eigenvalue weighted by atomic mass is 15.3. The predicted molar refractivity (Wildman–Crippen MR) is 87.8 cm³/mol. The molecule has 4 N–H and O–H groups in total. The van der Waals surface area contributed by atoms with E-state index < -0.39 is 0 Å². The summed E-state index contributed by atoms with van der Waals surface area (Å²) in [5.41, 5.74) is 7.57. The van der Waals surface area contributed by atoms with E-state index in [1.807, 2.05) is 6.07 Å². The largest absolute Gasteiger partial charge is 0.336 e. The average molecular weight is 311 g/mol. The van der Waals surface area contributed by atoms with Crippen LogP contribution >= 0.6 is 0 Å². The number of fused-ring (bicyclic) bond motifs is 2. The van der Waals surface area contributed by atoms with Crippen molar-refractivity contribution in [2.45, 2.75) is 49.6 Å². The number of aromatic amines is 1. The van der Waals surface area contributed by atoms with Crippen LogP contribution in [0.25, 0.3) is 0 Å². The molecule has 120 valence electrons. The zero-order valence-electron chi connectivity index (χ0n) is 13.0. The van der Waals surface area contributed by atoms with Gasteiger partial charge in [0, 0.05) is 42.0 Å². The van der Waals surface area contributed by atoms with Crippen LogP contribution in [0.5, 0.6) is 0 Å².